The highest BCUT2D eigenvalue weighted by atomic mass is 19.1. The van der Waals surface area contributed by atoms with E-state index >= 15 is 0 Å². The van der Waals surface area contributed by atoms with E-state index in [1.165, 1.54) is 12.4 Å². The van der Waals surface area contributed by atoms with Crippen LogP contribution >= 0.6 is 0 Å². The van der Waals surface area contributed by atoms with Gasteiger partial charge in [0.25, 0.3) is 5.91 Å². The van der Waals surface area contributed by atoms with Crippen LogP contribution in [0.3, 0.4) is 0 Å². The first-order valence-electron chi connectivity index (χ1n) is 5.83. The van der Waals surface area contributed by atoms with Crippen molar-refractivity contribution < 1.29 is 13.6 Å². The number of nitrogens with zero attached hydrogens (tertiary/aromatic N) is 1. The summed E-state index contributed by atoms with van der Waals surface area (Å²) in [6, 6.07) is 7.85. The van der Waals surface area contributed by atoms with E-state index in [0.717, 1.165) is 11.6 Å². The molecule has 4 nitrogen and oxygen atoms in total. The molecule has 1 heterocycles. The number of rotatable bonds is 2. The molecular weight excluding hydrogens is 264 g/mol. The van der Waals surface area contributed by atoms with Crippen LogP contribution in [0.2, 0.25) is 0 Å². The van der Waals surface area contributed by atoms with Gasteiger partial charge in [0.2, 0.25) is 0 Å². The van der Waals surface area contributed by atoms with Gasteiger partial charge in [-0.3, -0.25) is 4.79 Å². The molecule has 2 aromatic carbocycles. The van der Waals surface area contributed by atoms with E-state index in [2.05, 4.69) is 15.3 Å². The van der Waals surface area contributed by atoms with Crippen molar-refractivity contribution in [3.63, 3.8) is 0 Å². The molecule has 0 spiro atoms. The highest BCUT2D eigenvalue weighted by Gasteiger charge is 2.11. The first-order chi connectivity index (χ1) is 9.63. The Morgan fingerprint density at radius 1 is 1.15 bits per heavy atom. The molecule has 1 aromatic heterocycles. The van der Waals surface area contributed by atoms with Crippen molar-refractivity contribution in [3.8, 4) is 0 Å². The number of halogens is 2. The summed E-state index contributed by atoms with van der Waals surface area (Å²) in [7, 11) is 0. The van der Waals surface area contributed by atoms with E-state index in [9.17, 15) is 13.6 Å². The number of carbonyl (C=O) groups is 1. The summed E-state index contributed by atoms with van der Waals surface area (Å²) in [5.74, 6) is -1.99. The molecule has 0 saturated heterocycles. The zero-order valence-corrected chi connectivity index (χ0v) is 10.2. The Bertz CT molecular complexity index is 798. The molecule has 0 bridgehead atoms. The third-order valence-corrected chi connectivity index (χ3v) is 2.86. The van der Waals surface area contributed by atoms with Crippen LogP contribution in [0.5, 0.6) is 0 Å². The van der Waals surface area contributed by atoms with Gasteiger partial charge < -0.3 is 10.3 Å². The van der Waals surface area contributed by atoms with Crippen LogP contribution in [-0.4, -0.2) is 15.9 Å². The van der Waals surface area contributed by atoms with Crippen molar-refractivity contribution in [2.24, 2.45) is 0 Å². The molecule has 0 unspecified atom stereocenters. The number of anilines is 1. The summed E-state index contributed by atoms with van der Waals surface area (Å²) in [6.45, 7) is 0. The predicted molar refractivity (Wildman–Crippen MR) is 70.4 cm³/mol. The Balaban J connectivity index is 1.88. The lowest BCUT2D eigenvalue weighted by molar-refractivity contribution is 0.102. The molecule has 20 heavy (non-hydrogen) atoms. The minimum Gasteiger partial charge on any atom is -0.345 e. The first-order valence-corrected chi connectivity index (χ1v) is 5.83. The number of carbonyl (C=O) groups excluding carboxylic acids is 1. The van der Waals surface area contributed by atoms with Gasteiger partial charge >= 0.3 is 0 Å². The maximum atomic E-state index is 13.5. The topological polar surface area (TPSA) is 57.8 Å². The largest absolute Gasteiger partial charge is 0.345 e. The van der Waals surface area contributed by atoms with Gasteiger partial charge in [-0.15, -0.1) is 0 Å². The Morgan fingerprint density at radius 3 is 2.80 bits per heavy atom. The molecule has 0 aliphatic carbocycles. The van der Waals surface area contributed by atoms with Crippen molar-refractivity contribution in [2.75, 3.05) is 5.32 Å². The Labute approximate surface area is 112 Å². The molecule has 0 aliphatic rings. The van der Waals surface area contributed by atoms with Crippen LogP contribution in [0.25, 0.3) is 11.0 Å². The molecule has 100 valence electrons. The summed E-state index contributed by atoms with van der Waals surface area (Å²) in [5, 5.41) is 2.40. The summed E-state index contributed by atoms with van der Waals surface area (Å²) >= 11 is 0. The van der Waals surface area contributed by atoms with E-state index in [0.29, 0.717) is 17.1 Å². The molecule has 0 aliphatic heterocycles. The van der Waals surface area contributed by atoms with Gasteiger partial charge in [0.05, 0.1) is 23.0 Å². The summed E-state index contributed by atoms with van der Waals surface area (Å²) in [6.07, 6.45) is 1.52. The number of hydrogen-bond donors (Lipinski definition) is 2. The third kappa shape index (κ3) is 2.23. The number of aromatic amines is 1. The van der Waals surface area contributed by atoms with Crippen LogP contribution < -0.4 is 5.32 Å². The second-order valence-electron chi connectivity index (χ2n) is 4.21. The molecule has 0 radical (unpaired) electrons. The second-order valence-corrected chi connectivity index (χ2v) is 4.21. The predicted octanol–water partition coefficient (Wildman–Crippen LogP) is 3.09. The number of imidazole rings is 1. The zero-order chi connectivity index (χ0) is 14.1. The Kier molecular flexibility index (Phi) is 2.90. The van der Waals surface area contributed by atoms with E-state index in [1.54, 1.807) is 18.2 Å². The van der Waals surface area contributed by atoms with Crippen LogP contribution in [0, 0.1) is 11.6 Å². The van der Waals surface area contributed by atoms with E-state index in [-0.39, 0.29) is 5.69 Å². The molecule has 0 saturated carbocycles. The number of aromatic nitrogens is 2. The fraction of sp³-hybridized carbons (Fsp3) is 0. The molecule has 0 fully saturated rings. The number of benzene rings is 2. The second kappa shape index (κ2) is 4.73. The highest BCUT2D eigenvalue weighted by Crippen LogP contribution is 2.17. The van der Waals surface area contributed by atoms with Crippen LogP contribution in [0.4, 0.5) is 14.5 Å². The lowest BCUT2D eigenvalue weighted by Gasteiger charge is -2.06. The molecule has 6 heteroatoms. The fourth-order valence-electron chi connectivity index (χ4n) is 1.86. The number of hydrogen-bond acceptors (Lipinski definition) is 2. The zero-order valence-electron chi connectivity index (χ0n) is 10.2. The van der Waals surface area contributed by atoms with Gasteiger partial charge in [0.15, 0.2) is 0 Å². The maximum Gasteiger partial charge on any atom is 0.255 e. The average Bonchev–Trinajstić information content (AvgIpc) is 2.89. The lowest BCUT2D eigenvalue weighted by atomic mass is 10.2. The fourth-order valence-corrected chi connectivity index (χ4v) is 1.86. The van der Waals surface area contributed by atoms with Gasteiger partial charge in [0, 0.05) is 11.6 Å². The normalized spacial score (nSPS) is 10.7. The summed E-state index contributed by atoms with van der Waals surface area (Å²) in [5.41, 5.74) is 1.72. The highest BCUT2D eigenvalue weighted by molar-refractivity contribution is 6.05. The van der Waals surface area contributed by atoms with E-state index in [1.807, 2.05) is 0 Å². The number of nitrogens with one attached hydrogen (secondary N) is 2. The molecular formula is C14H9F2N3O. The smallest absolute Gasteiger partial charge is 0.255 e. The Hall–Kier alpha value is -2.76. The first kappa shape index (κ1) is 12.3. The van der Waals surface area contributed by atoms with Crippen LogP contribution in [0.1, 0.15) is 10.4 Å². The van der Waals surface area contributed by atoms with Gasteiger partial charge in [-0.05, 0) is 30.3 Å². The maximum absolute atomic E-state index is 13.5. The van der Waals surface area contributed by atoms with Crippen molar-refractivity contribution >= 4 is 22.6 Å². The SMILES string of the molecule is O=C(Nc1ccc(F)cc1F)c1ccc2nc[nH]c2c1. The monoisotopic (exact) mass is 273 g/mol. The molecule has 3 aromatic rings. The number of fused-ring (bicyclic) bond motifs is 1. The molecule has 2 N–H and O–H groups in total. The van der Waals surface area contributed by atoms with E-state index in [4.69, 9.17) is 0 Å². The third-order valence-electron chi connectivity index (χ3n) is 2.86. The number of H-pyrrole nitrogens is 1. The average molecular weight is 273 g/mol. The van der Waals surface area contributed by atoms with Crippen molar-refractivity contribution in [1.29, 1.82) is 0 Å². The van der Waals surface area contributed by atoms with Crippen molar-refractivity contribution in [2.45, 2.75) is 0 Å². The summed E-state index contributed by atoms with van der Waals surface area (Å²) < 4.78 is 26.2. The van der Waals surface area contributed by atoms with Crippen molar-refractivity contribution in [3.05, 3.63) is 59.9 Å². The standard InChI is InChI=1S/C14H9F2N3O/c15-9-2-4-11(10(16)6-9)19-14(20)8-1-3-12-13(5-8)18-7-17-12/h1-7H,(H,17,18)(H,19,20). The quantitative estimate of drug-likeness (QED) is 0.753. The van der Waals surface area contributed by atoms with Crippen LogP contribution in [-0.2, 0) is 0 Å². The van der Waals surface area contributed by atoms with Gasteiger partial charge in [-0.25, -0.2) is 13.8 Å². The van der Waals surface area contributed by atoms with Gasteiger partial charge in [0.1, 0.15) is 11.6 Å². The van der Waals surface area contributed by atoms with Crippen molar-refractivity contribution in [1.82, 2.24) is 9.97 Å². The Morgan fingerprint density at radius 2 is 2.00 bits per heavy atom. The molecule has 3 rings (SSSR count). The van der Waals surface area contributed by atoms with Gasteiger partial charge in [-0.1, -0.05) is 0 Å². The van der Waals surface area contributed by atoms with Crippen LogP contribution in [0.15, 0.2) is 42.7 Å². The lowest BCUT2D eigenvalue weighted by Crippen LogP contribution is -2.13. The minimum atomic E-state index is -0.819. The van der Waals surface area contributed by atoms with Gasteiger partial charge in [-0.2, -0.15) is 0 Å². The minimum absolute atomic E-state index is 0.0684. The molecule has 1 amide bonds. The van der Waals surface area contributed by atoms with E-state index < -0.39 is 17.5 Å². The molecule has 0 atom stereocenters. The number of amides is 1. The summed E-state index contributed by atoms with van der Waals surface area (Å²) in [4.78, 5) is 18.9.